The van der Waals surface area contributed by atoms with Gasteiger partial charge in [-0.3, -0.25) is 14.5 Å². The fraction of sp³-hybridized carbons (Fsp3) is 0.875. The van der Waals surface area contributed by atoms with Crippen LogP contribution in [-0.2, 0) is 9.59 Å². The molecular formula is C16H28N2O3. The van der Waals surface area contributed by atoms with Crippen molar-refractivity contribution >= 4 is 11.9 Å². The molecule has 3 atom stereocenters. The number of nitrogens with zero attached hydrogens (tertiary/aromatic N) is 1. The zero-order chi connectivity index (χ0) is 15.8. The van der Waals surface area contributed by atoms with Gasteiger partial charge in [-0.25, -0.2) is 0 Å². The fourth-order valence-corrected chi connectivity index (χ4v) is 3.66. The van der Waals surface area contributed by atoms with Gasteiger partial charge >= 0.3 is 5.97 Å². The van der Waals surface area contributed by atoms with Crippen molar-refractivity contribution in [3.05, 3.63) is 0 Å². The Balaban J connectivity index is 2.04. The third kappa shape index (κ3) is 2.93. The van der Waals surface area contributed by atoms with E-state index in [4.69, 9.17) is 0 Å². The van der Waals surface area contributed by atoms with E-state index in [-0.39, 0.29) is 23.4 Å². The third-order valence-electron chi connectivity index (χ3n) is 5.60. The number of nitrogens with one attached hydrogen (secondary N) is 1. The number of carboxylic acid groups (broad SMARTS) is 1. The van der Waals surface area contributed by atoms with E-state index in [9.17, 15) is 14.7 Å². The van der Waals surface area contributed by atoms with Gasteiger partial charge in [0, 0.05) is 18.6 Å². The third-order valence-corrected chi connectivity index (χ3v) is 5.60. The highest BCUT2D eigenvalue weighted by Crippen LogP contribution is 2.49. The Morgan fingerprint density at radius 2 is 2.14 bits per heavy atom. The molecule has 5 heteroatoms. The Morgan fingerprint density at radius 3 is 2.67 bits per heavy atom. The van der Waals surface area contributed by atoms with Gasteiger partial charge in [-0.2, -0.15) is 0 Å². The van der Waals surface area contributed by atoms with Crippen molar-refractivity contribution in [3.63, 3.8) is 0 Å². The molecule has 21 heavy (non-hydrogen) atoms. The zero-order valence-corrected chi connectivity index (χ0v) is 13.6. The average Bonchev–Trinajstić information content (AvgIpc) is 2.94. The van der Waals surface area contributed by atoms with Gasteiger partial charge in [-0.05, 0) is 46.0 Å². The first-order valence-corrected chi connectivity index (χ1v) is 8.01. The van der Waals surface area contributed by atoms with Crippen molar-refractivity contribution in [2.45, 2.75) is 65.0 Å². The van der Waals surface area contributed by atoms with E-state index in [1.807, 2.05) is 27.7 Å². The standard InChI is InChI=1S/C16H28N2O3/c1-5-15(3,4)17-13(19)11(2)18-9-12-7-6-8-16(12,10-18)14(20)21/h11-12H,5-10H2,1-4H3,(H,17,19)(H,20,21)/t11?,12-,16+/m0/s1. The van der Waals surface area contributed by atoms with E-state index in [0.29, 0.717) is 6.54 Å². The molecule has 0 radical (unpaired) electrons. The van der Waals surface area contributed by atoms with Crippen LogP contribution in [-0.4, -0.2) is 46.6 Å². The number of carbonyl (C=O) groups is 2. The first-order valence-electron chi connectivity index (χ1n) is 8.01. The van der Waals surface area contributed by atoms with Crippen LogP contribution in [0.25, 0.3) is 0 Å². The van der Waals surface area contributed by atoms with Crippen LogP contribution in [0.3, 0.4) is 0 Å². The van der Waals surface area contributed by atoms with Crippen molar-refractivity contribution in [1.29, 1.82) is 0 Å². The van der Waals surface area contributed by atoms with Gasteiger partial charge in [-0.15, -0.1) is 0 Å². The van der Waals surface area contributed by atoms with E-state index in [2.05, 4.69) is 10.2 Å². The molecular weight excluding hydrogens is 268 g/mol. The maximum absolute atomic E-state index is 12.4. The van der Waals surface area contributed by atoms with Gasteiger partial charge in [0.25, 0.3) is 0 Å². The molecule has 0 bridgehead atoms. The molecule has 1 aliphatic carbocycles. The van der Waals surface area contributed by atoms with Crippen molar-refractivity contribution in [1.82, 2.24) is 10.2 Å². The highest BCUT2D eigenvalue weighted by Gasteiger charge is 2.55. The monoisotopic (exact) mass is 296 g/mol. The number of fused-ring (bicyclic) bond motifs is 1. The molecule has 0 aromatic heterocycles. The summed E-state index contributed by atoms with van der Waals surface area (Å²) in [6.45, 7) is 9.19. The number of hydrogen-bond acceptors (Lipinski definition) is 3. The highest BCUT2D eigenvalue weighted by molar-refractivity contribution is 5.82. The van der Waals surface area contributed by atoms with E-state index >= 15 is 0 Å². The first kappa shape index (κ1) is 16.3. The second-order valence-corrected chi connectivity index (χ2v) is 7.38. The quantitative estimate of drug-likeness (QED) is 0.812. The minimum absolute atomic E-state index is 0.00219. The molecule has 1 amide bonds. The van der Waals surface area contributed by atoms with Gasteiger partial charge in [0.1, 0.15) is 0 Å². The summed E-state index contributed by atoms with van der Waals surface area (Å²) in [4.78, 5) is 26.1. The normalized spacial score (nSPS) is 31.0. The number of likely N-dealkylation sites (tertiary alicyclic amines) is 1. The molecule has 0 aromatic carbocycles. The van der Waals surface area contributed by atoms with Crippen molar-refractivity contribution in [2.24, 2.45) is 11.3 Å². The highest BCUT2D eigenvalue weighted by atomic mass is 16.4. The lowest BCUT2D eigenvalue weighted by Crippen LogP contribution is -2.52. The van der Waals surface area contributed by atoms with E-state index in [1.165, 1.54) is 0 Å². The maximum atomic E-state index is 12.4. The lowest BCUT2D eigenvalue weighted by Gasteiger charge is -2.31. The molecule has 5 nitrogen and oxygen atoms in total. The smallest absolute Gasteiger partial charge is 0.311 e. The van der Waals surface area contributed by atoms with Gasteiger partial charge in [-0.1, -0.05) is 13.3 Å². The predicted molar refractivity (Wildman–Crippen MR) is 81.0 cm³/mol. The molecule has 1 saturated carbocycles. The minimum atomic E-state index is -0.686. The molecule has 0 aromatic rings. The molecule has 1 heterocycles. The summed E-state index contributed by atoms with van der Waals surface area (Å²) in [5.74, 6) is -0.485. The van der Waals surface area contributed by atoms with Crippen molar-refractivity contribution < 1.29 is 14.7 Å². The molecule has 2 aliphatic rings. The molecule has 1 saturated heterocycles. The zero-order valence-electron chi connectivity index (χ0n) is 13.6. The summed E-state index contributed by atoms with van der Waals surface area (Å²) in [7, 11) is 0. The lowest BCUT2D eigenvalue weighted by molar-refractivity contribution is -0.149. The van der Waals surface area contributed by atoms with Crippen LogP contribution in [0.5, 0.6) is 0 Å². The van der Waals surface area contributed by atoms with Gasteiger partial charge < -0.3 is 10.4 Å². The van der Waals surface area contributed by atoms with Gasteiger partial charge in [0.2, 0.25) is 5.91 Å². The van der Waals surface area contributed by atoms with Crippen LogP contribution in [0.4, 0.5) is 0 Å². The number of aliphatic carboxylic acids is 1. The van der Waals surface area contributed by atoms with Crippen molar-refractivity contribution in [3.8, 4) is 0 Å². The number of amides is 1. The summed E-state index contributed by atoms with van der Waals surface area (Å²) in [5.41, 5.74) is -0.833. The molecule has 2 rings (SSSR count). The van der Waals surface area contributed by atoms with Crippen LogP contribution < -0.4 is 5.32 Å². The fourth-order valence-electron chi connectivity index (χ4n) is 3.66. The minimum Gasteiger partial charge on any atom is -0.481 e. The Bertz CT molecular complexity index is 435. The molecule has 2 N–H and O–H groups in total. The van der Waals surface area contributed by atoms with Crippen LogP contribution >= 0.6 is 0 Å². The molecule has 1 aliphatic heterocycles. The number of rotatable bonds is 5. The Morgan fingerprint density at radius 1 is 1.48 bits per heavy atom. The van der Waals surface area contributed by atoms with Crippen LogP contribution in [0.1, 0.15) is 53.4 Å². The maximum Gasteiger partial charge on any atom is 0.311 e. The Hall–Kier alpha value is -1.10. The van der Waals surface area contributed by atoms with Crippen LogP contribution in [0.15, 0.2) is 0 Å². The SMILES string of the molecule is CCC(C)(C)NC(=O)C(C)N1C[C@@H]2CCC[C@@]2(C(=O)O)C1. The largest absolute Gasteiger partial charge is 0.481 e. The lowest BCUT2D eigenvalue weighted by atomic mass is 9.81. The van der Waals surface area contributed by atoms with Gasteiger partial charge in [0.05, 0.1) is 11.5 Å². The van der Waals surface area contributed by atoms with Gasteiger partial charge in [0.15, 0.2) is 0 Å². The van der Waals surface area contributed by atoms with E-state index in [0.717, 1.165) is 32.2 Å². The number of carboxylic acids is 1. The topological polar surface area (TPSA) is 69.6 Å². The first-order chi connectivity index (χ1) is 9.72. The molecule has 2 fully saturated rings. The van der Waals surface area contributed by atoms with E-state index < -0.39 is 11.4 Å². The summed E-state index contributed by atoms with van der Waals surface area (Å²) >= 11 is 0. The molecule has 0 spiro atoms. The summed E-state index contributed by atoms with van der Waals surface area (Å²) in [5, 5.41) is 12.7. The predicted octanol–water partition coefficient (Wildman–Crippen LogP) is 1.87. The number of carbonyl (C=O) groups excluding carboxylic acids is 1. The second kappa shape index (κ2) is 5.59. The summed E-state index contributed by atoms with van der Waals surface area (Å²) < 4.78 is 0. The Labute approximate surface area is 127 Å². The summed E-state index contributed by atoms with van der Waals surface area (Å²) in [6, 6.07) is -0.266. The van der Waals surface area contributed by atoms with Crippen LogP contribution in [0, 0.1) is 11.3 Å². The Kier molecular flexibility index (Phi) is 4.34. The summed E-state index contributed by atoms with van der Waals surface area (Å²) in [6.07, 6.45) is 3.58. The van der Waals surface area contributed by atoms with E-state index in [1.54, 1.807) is 0 Å². The van der Waals surface area contributed by atoms with Crippen molar-refractivity contribution in [2.75, 3.05) is 13.1 Å². The average molecular weight is 296 g/mol. The second-order valence-electron chi connectivity index (χ2n) is 7.38. The number of hydrogen-bond donors (Lipinski definition) is 2. The van der Waals surface area contributed by atoms with Crippen LogP contribution in [0.2, 0.25) is 0 Å². The molecule has 120 valence electrons. The molecule has 1 unspecified atom stereocenters.